The molecule has 2 unspecified atom stereocenters. The third-order valence-corrected chi connectivity index (χ3v) is 5.44. The Labute approximate surface area is 139 Å². The van der Waals surface area contributed by atoms with Crippen LogP contribution in [0.1, 0.15) is 37.8 Å². The molecule has 0 saturated heterocycles. The summed E-state index contributed by atoms with van der Waals surface area (Å²) in [6, 6.07) is 2.73. The van der Waals surface area contributed by atoms with Crippen LogP contribution in [0.4, 0.5) is 8.78 Å². The Balaban J connectivity index is 1.67. The maximum Gasteiger partial charge on any atom is 0.308 e. The van der Waals surface area contributed by atoms with Gasteiger partial charge in [0, 0.05) is 12.0 Å². The Bertz CT molecular complexity index is 637. The molecular weight excluding hydrogens is 316 g/mol. The highest BCUT2D eigenvalue weighted by atomic mass is 19.1. The topological polar surface area (TPSA) is 55.4 Å². The summed E-state index contributed by atoms with van der Waals surface area (Å²) in [6.45, 7) is 1.69. The summed E-state index contributed by atoms with van der Waals surface area (Å²) < 4.78 is 31.5. The summed E-state index contributed by atoms with van der Waals surface area (Å²) in [5.41, 5.74) is 0.382. The average molecular weight is 337 g/mol. The van der Waals surface area contributed by atoms with Crippen LogP contribution in [-0.2, 0) is 14.3 Å². The lowest BCUT2D eigenvalue weighted by Crippen LogP contribution is -2.51. The zero-order valence-electron chi connectivity index (χ0n) is 13.7. The summed E-state index contributed by atoms with van der Waals surface area (Å²) in [4.78, 5) is 24.4. The molecule has 3 atom stereocenters. The molecule has 24 heavy (non-hydrogen) atoms. The fourth-order valence-electron chi connectivity index (χ4n) is 4.01. The standard InChI is InChI=1S/C18H21F2NO3/c1-9(10-5-13(19)7-14(20)6-10)21-17(22)15-8-16(18(23)24-2)12-3-11(15)4-12/h5-7,9,11-12,15-16H,3-4,8H2,1-2H3,(H,21,22)/t9-,11?,12?,15?,16?/m0/s1. The molecule has 2 bridgehead atoms. The summed E-state index contributed by atoms with van der Waals surface area (Å²) in [7, 11) is 1.36. The van der Waals surface area contributed by atoms with Crippen molar-refractivity contribution >= 4 is 11.9 Å². The number of fused-ring (bicyclic) bond motifs is 2. The first kappa shape index (κ1) is 16.9. The zero-order valence-corrected chi connectivity index (χ0v) is 13.7. The van der Waals surface area contributed by atoms with Crippen LogP contribution < -0.4 is 5.32 Å². The van der Waals surface area contributed by atoms with Gasteiger partial charge in [0.1, 0.15) is 11.6 Å². The molecule has 6 heteroatoms. The monoisotopic (exact) mass is 337 g/mol. The molecule has 4 rings (SSSR count). The predicted molar refractivity (Wildman–Crippen MR) is 82.7 cm³/mol. The minimum Gasteiger partial charge on any atom is -0.469 e. The van der Waals surface area contributed by atoms with Gasteiger partial charge in [0.2, 0.25) is 5.91 Å². The number of rotatable bonds is 4. The van der Waals surface area contributed by atoms with E-state index in [1.54, 1.807) is 6.92 Å². The summed E-state index contributed by atoms with van der Waals surface area (Å²) in [5.74, 6) is -1.63. The van der Waals surface area contributed by atoms with E-state index in [2.05, 4.69) is 5.32 Å². The summed E-state index contributed by atoms with van der Waals surface area (Å²) in [6.07, 6.45) is 2.21. The van der Waals surface area contributed by atoms with Crippen LogP contribution in [0.15, 0.2) is 18.2 Å². The highest BCUT2D eigenvalue weighted by Gasteiger charge is 2.51. The van der Waals surface area contributed by atoms with Gasteiger partial charge in [-0.05, 0) is 55.7 Å². The molecule has 3 fully saturated rings. The van der Waals surface area contributed by atoms with Crippen molar-refractivity contribution in [1.82, 2.24) is 5.32 Å². The molecule has 1 aromatic carbocycles. The molecule has 0 heterocycles. The van der Waals surface area contributed by atoms with Crippen molar-refractivity contribution in [3.63, 3.8) is 0 Å². The quantitative estimate of drug-likeness (QED) is 0.860. The molecule has 0 aromatic heterocycles. The maximum atomic E-state index is 13.3. The lowest BCUT2D eigenvalue weighted by Gasteiger charge is -2.49. The van der Waals surface area contributed by atoms with E-state index in [-0.39, 0.29) is 29.6 Å². The van der Waals surface area contributed by atoms with Crippen molar-refractivity contribution in [3.8, 4) is 0 Å². The van der Waals surface area contributed by atoms with Gasteiger partial charge >= 0.3 is 5.97 Å². The highest BCUT2D eigenvalue weighted by molar-refractivity contribution is 5.82. The lowest BCUT2D eigenvalue weighted by atomic mass is 9.55. The Morgan fingerprint density at radius 3 is 2.25 bits per heavy atom. The van der Waals surface area contributed by atoms with Gasteiger partial charge in [-0.25, -0.2) is 8.78 Å². The van der Waals surface area contributed by atoms with Gasteiger partial charge in [-0.3, -0.25) is 9.59 Å². The van der Waals surface area contributed by atoms with E-state index in [0.717, 1.165) is 18.9 Å². The highest BCUT2D eigenvalue weighted by Crippen LogP contribution is 2.52. The van der Waals surface area contributed by atoms with Crippen LogP contribution in [-0.4, -0.2) is 19.0 Å². The summed E-state index contributed by atoms with van der Waals surface area (Å²) in [5, 5.41) is 2.83. The predicted octanol–water partition coefficient (Wildman–Crippen LogP) is 2.98. The van der Waals surface area contributed by atoms with Gasteiger partial charge in [0.25, 0.3) is 0 Å². The number of benzene rings is 1. The number of halogens is 2. The van der Waals surface area contributed by atoms with Gasteiger partial charge < -0.3 is 10.1 Å². The maximum absolute atomic E-state index is 13.3. The molecule has 1 aromatic rings. The van der Waals surface area contributed by atoms with E-state index in [4.69, 9.17) is 4.74 Å². The van der Waals surface area contributed by atoms with Crippen LogP contribution in [0.3, 0.4) is 0 Å². The average Bonchev–Trinajstić information content (AvgIpc) is 2.51. The number of methoxy groups -OCH3 is 1. The number of hydrogen-bond acceptors (Lipinski definition) is 3. The Hall–Kier alpha value is -1.98. The normalized spacial score (nSPS) is 29.3. The minimum atomic E-state index is -0.670. The fraction of sp³-hybridized carbons (Fsp3) is 0.556. The molecule has 3 aliphatic carbocycles. The number of amides is 1. The number of carbonyl (C=O) groups excluding carboxylic acids is 2. The molecule has 0 spiro atoms. The SMILES string of the molecule is COC(=O)C1CC(C(=O)N[C@@H](C)c2cc(F)cc(F)c2)C2CC1C2. The third-order valence-electron chi connectivity index (χ3n) is 5.44. The molecule has 1 amide bonds. The van der Waals surface area contributed by atoms with E-state index in [1.807, 2.05) is 0 Å². The van der Waals surface area contributed by atoms with Crippen LogP contribution in [0, 0.1) is 35.3 Å². The van der Waals surface area contributed by atoms with Crippen molar-refractivity contribution in [2.45, 2.75) is 32.2 Å². The second kappa shape index (κ2) is 6.49. The van der Waals surface area contributed by atoms with E-state index < -0.39 is 17.7 Å². The van der Waals surface area contributed by atoms with Crippen molar-refractivity contribution in [1.29, 1.82) is 0 Å². The molecular formula is C18H21F2NO3. The van der Waals surface area contributed by atoms with E-state index in [0.29, 0.717) is 17.9 Å². The first-order valence-corrected chi connectivity index (χ1v) is 8.23. The second-order valence-electron chi connectivity index (χ2n) is 6.90. The van der Waals surface area contributed by atoms with Crippen molar-refractivity contribution < 1.29 is 23.1 Å². The first-order valence-electron chi connectivity index (χ1n) is 8.23. The Morgan fingerprint density at radius 2 is 1.67 bits per heavy atom. The van der Waals surface area contributed by atoms with Crippen LogP contribution >= 0.6 is 0 Å². The number of ether oxygens (including phenoxy) is 1. The van der Waals surface area contributed by atoms with Crippen LogP contribution in [0.2, 0.25) is 0 Å². The first-order chi connectivity index (χ1) is 11.4. The molecule has 3 saturated carbocycles. The molecule has 4 nitrogen and oxygen atoms in total. The molecule has 130 valence electrons. The van der Waals surface area contributed by atoms with Gasteiger partial charge in [-0.1, -0.05) is 0 Å². The molecule has 0 aliphatic heterocycles. The molecule has 3 aliphatic rings. The van der Waals surface area contributed by atoms with Gasteiger partial charge in [-0.2, -0.15) is 0 Å². The number of carbonyl (C=O) groups is 2. The Kier molecular flexibility index (Phi) is 4.56. The van der Waals surface area contributed by atoms with Gasteiger partial charge in [0.15, 0.2) is 0 Å². The number of esters is 1. The molecule has 0 radical (unpaired) electrons. The largest absolute Gasteiger partial charge is 0.469 e. The summed E-state index contributed by atoms with van der Waals surface area (Å²) >= 11 is 0. The van der Waals surface area contributed by atoms with Crippen molar-refractivity contribution in [3.05, 3.63) is 35.4 Å². The second-order valence-corrected chi connectivity index (χ2v) is 6.90. The smallest absolute Gasteiger partial charge is 0.308 e. The lowest BCUT2D eigenvalue weighted by molar-refractivity contribution is -0.158. The van der Waals surface area contributed by atoms with E-state index in [1.165, 1.54) is 19.2 Å². The van der Waals surface area contributed by atoms with E-state index >= 15 is 0 Å². The van der Waals surface area contributed by atoms with Crippen LogP contribution in [0.25, 0.3) is 0 Å². The van der Waals surface area contributed by atoms with Crippen LogP contribution in [0.5, 0.6) is 0 Å². The Morgan fingerprint density at radius 1 is 1.08 bits per heavy atom. The van der Waals surface area contributed by atoms with Gasteiger partial charge in [0.05, 0.1) is 19.1 Å². The number of nitrogens with one attached hydrogen (secondary N) is 1. The van der Waals surface area contributed by atoms with Gasteiger partial charge in [-0.15, -0.1) is 0 Å². The minimum absolute atomic E-state index is 0.163. The zero-order chi connectivity index (χ0) is 17.4. The van der Waals surface area contributed by atoms with Crippen molar-refractivity contribution in [2.24, 2.45) is 23.7 Å². The fourth-order valence-corrected chi connectivity index (χ4v) is 4.01. The van der Waals surface area contributed by atoms with E-state index in [9.17, 15) is 18.4 Å². The van der Waals surface area contributed by atoms with Crippen molar-refractivity contribution in [2.75, 3.05) is 7.11 Å². The third kappa shape index (κ3) is 3.14. The number of hydrogen-bond donors (Lipinski definition) is 1. The molecule has 1 N–H and O–H groups in total.